The highest BCUT2D eigenvalue weighted by molar-refractivity contribution is 6.30. The molecule has 1 fully saturated rings. The zero-order valence-electron chi connectivity index (χ0n) is 16.7. The van der Waals surface area contributed by atoms with Gasteiger partial charge in [0, 0.05) is 18.7 Å². The quantitative estimate of drug-likeness (QED) is 0.613. The molecule has 0 aliphatic heterocycles. The van der Waals surface area contributed by atoms with E-state index < -0.39 is 6.03 Å². The van der Waals surface area contributed by atoms with Crippen molar-refractivity contribution in [3.05, 3.63) is 41.2 Å². The number of hydrogen-bond donors (Lipinski definition) is 2. The van der Waals surface area contributed by atoms with Gasteiger partial charge in [0.25, 0.3) is 0 Å². The molecule has 0 spiro atoms. The summed E-state index contributed by atoms with van der Waals surface area (Å²) in [7, 11) is 1.61. The largest absolute Gasteiger partial charge is 0.424 e. The number of amides is 3. The van der Waals surface area contributed by atoms with Gasteiger partial charge in [-0.15, -0.1) is 0 Å². The lowest BCUT2D eigenvalue weighted by Gasteiger charge is -2.33. The van der Waals surface area contributed by atoms with Crippen LogP contribution in [0.1, 0.15) is 18.4 Å². The lowest BCUT2D eigenvalue weighted by molar-refractivity contribution is -0.133. The van der Waals surface area contributed by atoms with Gasteiger partial charge in [0.1, 0.15) is 5.75 Å². The molecule has 0 bridgehead atoms. The van der Waals surface area contributed by atoms with Crippen molar-refractivity contribution in [1.82, 2.24) is 15.3 Å². The van der Waals surface area contributed by atoms with Crippen LogP contribution in [0.15, 0.2) is 30.6 Å². The van der Waals surface area contributed by atoms with Crippen molar-refractivity contribution < 1.29 is 23.8 Å². The Bertz CT molecular complexity index is 887. The van der Waals surface area contributed by atoms with E-state index in [1.165, 1.54) is 12.4 Å². The van der Waals surface area contributed by atoms with Crippen LogP contribution >= 0.6 is 11.6 Å². The lowest BCUT2D eigenvalue weighted by Crippen LogP contribution is -2.45. The van der Waals surface area contributed by atoms with E-state index in [-0.39, 0.29) is 23.9 Å². The molecule has 1 heterocycles. The van der Waals surface area contributed by atoms with E-state index in [9.17, 15) is 9.59 Å². The summed E-state index contributed by atoms with van der Waals surface area (Å²) in [6, 6.07) is 4.64. The van der Waals surface area contributed by atoms with E-state index in [4.69, 9.17) is 25.8 Å². The van der Waals surface area contributed by atoms with E-state index in [0.29, 0.717) is 42.5 Å². The molecule has 1 aliphatic carbocycles. The highest BCUT2D eigenvalue weighted by Gasteiger charge is 2.35. The van der Waals surface area contributed by atoms with Crippen LogP contribution in [0.25, 0.3) is 0 Å². The van der Waals surface area contributed by atoms with Gasteiger partial charge in [0.15, 0.2) is 0 Å². The minimum Gasteiger partial charge on any atom is -0.424 e. The number of imide groups is 1. The molecule has 30 heavy (non-hydrogen) atoms. The third-order valence-electron chi connectivity index (χ3n) is 4.57. The maximum Gasteiger partial charge on any atom is 0.325 e. The molecule has 0 unspecified atom stereocenters. The Morgan fingerprint density at radius 3 is 2.60 bits per heavy atom. The van der Waals surface area contributed by atoms with E-state index in [1.54, 1.807) is 25.3 Å². The Balaban J connectivity index is 1.45. The number of carbonyl (C=O) groups excluding carboxylic acids is 2. The van der Waals surface area contributed by atoms with Crippen LogP contribution in [0, 0.1) is 12.8 Å². The van der Waals surface area contributed by atoms with Crippen LogP contribution in [-0.4, -0.2) is 48.3 Å². The molecule has 0 saturated heterocycles. The van der Waals surface area contributed by atoms with Crippen molar-refractivity contribution in [3.63, 3.8) is 0 Å². The number of hydrogen-bond acceptors (Lipinski definition) is 7. The van der Waals surface area contributed by atoms with Gasteiger partial charge in [-0.1, -0.05) is 11.6 Å². The third kappa shape index (κ3) is 6.12. The zero-order chi connectivity index (χ0) is 21.5. The molecule has 3 amide bonds. The molecule has 2 aromatic rings. The molecule has 1 saturated carbocycles. The van der Waals surface area contributed by atoms with Gasteiger partial charge in [-0.3, -0.25) is 10.1 Å². The monoisotopic (exact) mass is 434 g/mol. The van der Waals surface area contributed by atoms with E-state index >= 15 is 0 Å². The minimum atomic E-state index is -0.585. The second-order valence-electron chi connectivity index (χ2n) is 6.86. The Hall–Kier alpha value is -2.75. The number of rotatable bonds is 8. The first-order valence-corrected chi connectivity index (χ1v) is 9.81. The van der Waals surface area contributed by atoms with Crippen LogP contribution in [0.5, 0.6) is 11.8 Å². The van der Waals surface area contributed by atoms with Crippen molar-refractivity contribution >= 4 is 29.2 Å². The molecule has 2 N–H and O–H groups in total. The van der Waals surface area contributed by atoms with Crippen LogP contribution in [0.3, 0.4) is 0 Å². The maximum atomic E-state index is 12.2. The van der Waals surface area contributed by atoms with Crippen LogP contribution in [0.4, 0.5) is 10.5 Å². The molecule has 1 aromatic carbocycles. The molecule has 3 rings (SSSR count). The number of nitrogens with zero attached hydrogens (tertiary/aromatic N) is 2. The predicted molar refractivity (Wildman–Crippen MR) is 110 cm³/mol. The number of halogens is 1. The Morgan fingerprint density at radius 1 is 1.20 bits per heavy atom. The van der Waals surface area contributed by atoms with Gasteiger partial charge < -0.3 is 19.5 Å². The zero-order valence-corrected chi connectivity index (χ0v) is 17.4. The highest BCUT2D eigenvalue weighted by atomic mass is 35.5. The summed E-state index contributed by atoms with van der Waals surface area (Å²) >= 11 is 5.75. The summed E-state index contributed by atoms with van der Waals surface area (Å²) in [6.07, 6.45) is 4.11. The van der Waals surface area contributed by atoms with Crippen LogP contribution in [-0.2, 0) is 14.3 Å². The topological polar surface area (TPSA) is 112 Å². The van der Waals surface area contributed by atoms with E-state index in [1.807, 2.05) is 6.92 Å². The number of methoxy groups -OCH3 is 1. The maximum absolute atomic E-state index is 12.2. The molecule has 1 aliphatic rings. The Morgan fingerprint density at radius 2 is 1.93 bits per heavy atom. The van der Waals surface area contributed by atoms with Gasteiger partial charge in [0.05, 0.1) is 36.7 Å². The fourth-order valence-electron chi connectivity index (χ4n) is 2.88. The summed E-state index contributed by atoms with van der Waals surface area (Å²) < 4.78 is 16.1. The van der Waals surface area contributed by atoms with Crippen molar-refractivity contribution in [2.45, 2.75) is 25.9 Å². The lowest BCUT2D eigenvalue weighted by atomic mass is 9.81. The van der Waals surface area contributed by atoms with Gasteiger partial charge in [-0.2, -0.15) is 0 Å². The third-order valence-corrected chi connectivity index (χ3v) is 4.77. The number of nitrogens with one attached hydrogen (secondary N) is 2. The second kappa shape index (κ2) is 10.3. The molecular formula is C20H23ClN4O5. The summed E-state index contributed by atoms with van der Waals surface area (Å²) in [4.78, 5) is 32.2. The number of aryl methyl sites for hydroxylation is 1. The van der Waals surface area contributed by atoms with Gasteiger partial charge in [-0.25, -0.2) is 14.8 Å². The average Bonchev–Trinajstić information content (AvgIpc) is 2.67. The number of carbonyl (C=O) groups is 2. The number of benzene rings is 1. The molecule has 9 nitrogen and oxygen atoms in total. The smallest absolute Gasteiger partial charge is 0.325 e. The normalized spacial score (nSPS) is 17.7. The van der Waals surface area contributed by atoms with Crippen LogP contribution < -0.4 is 15.4 Å². The summed E-state index contributed by atoms with van der Waals surface area (Å²) in [5.74, 6) is 0.00387. The number of ether oxygens (including phenoxy) is 3. The fourth-order valence-corrected chi connectivity index (χ4v) is 2.98. The summed E-state index contributed by atoms with van der Waals surface area (Å²) in [5, 5.41) is 5.42. The summed E-state index contributed by atoms with van der Waals surface area (Å²) in [6.45, 7) is 2.84. The van der Waals surface area contributed by atoms with Gasteiger partial charge in [-0.05, 0) is 43.5 Å². The number of urea groups is 1. The first-order valence-electron chi connectivity index (χ1n) is 9.43. The standard InChI is InChI=1S/C20H23ClN4O5/c1-12-7-15(3-4-17(12)30-20-22-10-14(21)11-23-20)24-19(27)25-18(26)13-8-16(9-13)29-6-5-28-2/h3-4,7,10-11,13,16H,5-6,8-9H2,1-2H3,(H2,24,25,26,27). The summed E-state index contributed by atoms with van der Waals surface area (Å²) in [5.41, 5.74) is 1.28. The number of anilines is 1. The molecule has 0 radical (unpaired) electrons. The predicted octanol–water partition coefficient (Wildman–Crippen LogP) is 3.32. The van der Waals surface area contributed by atoms with Crippen LogP contribution in [0.2, 0.25) is 5.02 Å². The van der Waals surface area contributed by atoms with E-state index in [2.05, 4.69) is 20.6 Å². The van der Waals surface area contributed by atoms with Gasteiger partial charge >= 0.3 is 12.0 Å². The fraction of sp³-hybridized carbons (Fsp3) is 0.400. The molecular weight excluding hydrogens is 412 g/mol. The average molecular weight is 435 g/mol. The molecule has 0 atom stereocenters. The second-order valence-corrected chi connectivity index (χ2v) is 7.30. The van der Waals surface area contributed by atoms with E-state index in [0.717, 1.165) is 5.56 Å². The van der Waals surface area contributed by atoms with Gasteiger partial charge in [0.2, 0.25) is 5.91 Å². The molecule has 10 heteroatoms. The van der Waals surface area contributed by atoms with Crippen molar-refractivity contribution in [3.8, 4) is 11.8 Å². The molecule has 160 valence electrons. The van der Waals surface area contributed by atoms with Crippen molar-refractivity contribution in [2.75, 3.05) is 25.6 Å². The van der Waals surface area contributed by atoms with Crippen molar-refractivity contribution in [2.24, 2.45) is 5.92 Å². The SMILES string of the molecule is COCCOC1CC(C(=O)NC(=O)Nc2ccc(Oc3ncc(Cl)cn3)c(C)c2)C1. The minimum absolute atomic E-state index is 0.0405. The Kier molecular flexibility index (Phi) is 7.56. The first-order chi connectivity index (χ1) is 14.4. The Labute approximate surface area is 179 Å². The number of aromatic nitrogens is 2. The first kappa shape index (κ1) is 21.9. The van der Waals surface area contributed by atoms with Crippen molar-refractivity contribution in [1.29, 1.82) is 0 Å². The molecule has 1 aromatic heterocycles. The highest BCUT2D eigenvalue weighted by Crippen LogP contribution is 2.30.